The third kappa shape index (κ3) is 5.33. The van der Waals surface area contributed by atoms with E-state index in [2.05, 4.69) is 20.6 Å². The van der Waals surface area contributed by atoms with Gasteiger partial charge >= 0.3 is 5.69 Å². The number of nitrogens with one attached hydrogen (secondary N) is 2. The van der Waals surface area contributed by atoms with Crippen molar-refractivity contribution in [3.63, 3.8) is 0 Å². The number of aliphatic hydroxyl groups is 1. The molecule has 0 saturated heterocycles. The van der Waals surface area contributed by atoms with Crippen LogP contribution in [0.2, 0.25) is 0 Å². The number of rotatable bonds is 10. The second kappa shape index (κ2) is 8.99. The number of nitrogens with zero attached hydrogens (tertiary/aromatic N) is 3. The van der Waals surface area contributed by atoms with Gasteiger partial charge in [-0.15, -0.1) is 0 Å². The molecule has 112 valence electrons. The van der Waals surface area contributed by atoms with Crippen LogP contribution < -0.4 is 10.6 Å². The van der Waals surface area contributed by atoms with Crippen LogP contribution in [0.1, 0.15) is 13.3 Å². The Morgan fingerprint density at radius 2 is 2.25 bits per heavy atom. The summed E-state index contributed by atoms with van der Waals surface area (Å²) in [5.74, 6) is 0.528. The molecule has 0 bridgehead atoms. The molecule has 9 nitrogen and oxygen atoms in total. The highest BCUT2D eigenvalue weighted by Crippen LogP contribution is 2.21. The van der Waals surface area contributed by atoms with Gasteiger partial charge in [-0.25, -0.2) is 4.98 Å². The van der Waals surface area contributed by atoms with Gasteiger partial charge < -0.3 is 20.5 Å². The Hall–Kier alpha value is -2.00. The molecular formula is C11H19N5O4. The molecule has 9 heteroatoms. The van der Waals surface area contributed by atoms with E-state index in [9.17, 15) is 10.1 Å². The van der Waals surface area contributed by atoms with Crippen molar-refractivity contribution in [2.45, 2.75) is 13.3 Å². The van der Waals surface area contributed by atoms with Crippen molar-refractivity contribution in [3.05, 3.63) is 16.3 Å². The lowest BCUT2D eigenvalue weighted by molar-refractivity contribution is -0.384. The molecule has 0 aliphatic carbocycles. The van der Waals surface area contributed by atoms with Gasteiger partial charge in [0.05, 0.1) is 18.1 Å². The van der Waals surface area contributed by atoms with Gasteiger partial charge in [-0.1, -0.05) is 0 Å². The predicted octanol–water partition coefficient (Wildman–Crippen LogP) is 0.627. The van der Waals surface area contributed by atoms with Crippen LogP contribution in [0.4, 0.5) is 17.5 Å². The minimum absolute atomic E-state index is 0.0170. The number of ether oxygens (including phenoxy) is 1. The molecule has 0 atom stereocenters. The summed E-state index contributed by atoms with van der Waals surface area (Å²) in [4.78, 5) is 18.3. The second-order valence-electron chi connectivity index (χ2n) is 3.83. The van der Waals surface area contributed by atoms with Crippen molar-refractivity contribution in [2.24, 2.45) is 0 Å². The molecule has 1 heterocycles. The van der Waals surface area contributed by atoms with Crippen molar-refractivity contribution in [3.8, 4) is 0 Å². The topological polar surface area (TPSA) is 122 Å². The van der Waals surface area contributed by atoms with E-state index in [4.69, 9.17) is 9.84 Å². The Balaban J connectivity index is 2.56. The fraction of sp³-hybridized carbons (Fsp3) is 0.636. The summed E-state index contributed by atoms with van der Waals surface area (Å²) in [6.07, 6.45) is 1.83. The molecule has 0 aliphatic heterocycles. The van der Waals surface area contributed by atoms with Crippen molar-refractivity contribution in [1.82, 2.24) is 9.97 Å². The molecule has 0 radical (unpaired) electrons. The summed E-state index contributed by atoms with van der Waals surface area (Å²) in [7, 11) is 0. The summed E-state index contributed by atoms with van der Waals surface area (Å²) in [5, 5.41) is 25.2. The zero-order chi connectivity index (χ0) is 14.8. The smallest absolute Gasteiger partial charge is 0.329 e. The Morgan fingerprint density at radius 1 is 1.45 bits per heavy atom. The van der Waals surface area contributed by atoms with E-state index in [-0.39, 0.29) is 24.7 Å². The van der Waals surface area contributed by atoms with Crippen LogP contribution in [-0.2, 0) is 4.74 Å². The van der Waals surface area contributed by atoms with Crippen LogP contribution >= 0.6 is 0 Å². The minimum Gasteiger partial charge on any atom is -0.394 e. The summed E-state index contributed by atoms with van der Waals surface area (Å²) >= 11 is 0. The van der Waals surface area contributed by atoms with E-state index in [0.29, 0.717) is 32.1 Å². The van der Waals surface area contributed by atoms with Gasteiger partial charge in [-0.3, -0.25) is 10.1 Å². The summed E-state index contributed by atoms with van der Waals surface area (Å²) in [5.41, 5.74) is -0.164. The van der Waals surface area contributed by atoms with Gasteiger partial charge in [0.25, 0.3) is 0 Å². The average Bonchev–Trinajstić information content (AvgIpc) is 2.43. The maximum atomic E-state index is 10.9. The second-order valence-corrected chi connectivity index (χ2v) is 3.83. The van der Waals surface area contributed by atoms with E-state index in [1.165, 1.54) is 6.20 Å². The summed E-state index contributed by atoms with van der Waals surface area (Å²) in [6, 6.07) is 0. The molecule has 20 heavy (non-hydrogen) atoms. The Labute approximate surface area is 116 Å². The summed E-state index contributed by atoms with van der Waals surface area (Å²) in [6.45, 7) is 3.74. The largest absolute Gasteiger partial charge is 0.394 e. The fourth-order valence-electron chi connectivity index (χ4n) is 1.43. The Kier molecular flexibility index (Phi) is 7.22. The predicted molar refractivity (Wildman–Crippen MR) is 73.9 cm³/mol. The monoisotopic (exact) mass is 285 g/mol. The lowest BCUT2D eigenvalue weighted by Crippen LogP contribution is -2.12. The SMILES string of the molecule is CCNc1ncc([N+](=O)[O-])c(NCCCOCCO)n1. The quantitative estimate of drug-likeness (QED) is 0.325. The molecule has 0 aromatic carbocycles. The van der Waals surface area contributed by atoms with Crippen molar-refractivity contribution in [1.29, 1.82) is 0 Å². The van der Waals surface area contributed by atoms with Gasteiger partial charge in [0.15, 0.2) is 0 Å². The first kappa shape index (κ1) is 16.1. The maximum absolute atomic E-state index is 10.9. The van der Waals surface area contributed by atoms with Crippen LogP contribution in [0.15, 0.2) is 6.20 Å². The molecule has 0 amide bonds. The third-order valence-corrected chi connectivity index (χ3v) is 2.29. The van der Waals surface area contributed by atoms with Crippen molar-refractivity contribution in [2.75, 3.05) is 43.5 Å². The van der Waals surface area contributed by atoms with Crippen LogP contribution in [0.5, 0.6) is 0 Å². The first-order valence-electron chi connectivity index (χ1n) is 6.36. The van der Waals surface area contributed by atoms with Gasteiger partial charge in [-0.2, -0.15) is 4.98 Å². The minimum atomic E-state index is -0.527. The van der Waals surface area contributed by atoms with Crippen LogP contribution in [-0.4, -0.2) is 52.9 Å². The molecule has 0 spiro atoms. The molecule has 1 aromatic heterocycles. The highest BCUT2D eigenvalue weighted by Gasteiger charge is 2.16. The molecule has 0 unspecified atom stereocenters. The van der Waals surface area contributed by atoms with Crippen LogP contribution in [0.25, 0.3) is 0 Å². The molecule has 1 rings (SSSR count). The Morgan fingerprint density at radius 3 is 2.90 bits per heavy atom. The molecule has 0 fully saturated rings. The van der Waals surface area contributed by atoms with Crippen LogP contribution in [0.3, 0.4) is 0 Å². The first-order chi connectivity index (χ1) is 9.69. The highest BCUT2D eigenvalue weighted by molar-refractivity contribution is 5.56. The number of hydrogen-bond donors (Lipinski definition) is 3. The third-order valence-electron chi connectivity index (χ3n) is 2.29. The normalized spacial score (nSPS) is 10.3. The fourth-order valence-corrected chi connectivity index (χ4v) is 1.43. The maximum Gasteiger partial charge on any atom is 0.329 e. The lowest BCUT2D eigenvalue weighted by atomic mass is 10.4. The molecular weight excluding hydrogens is 266 g/mol. The number of hydrogen-bond acceptors (Lipinski definition) is 8. The standard InChI is InChI=1S/C11H19N5O4/c1-2-12-11-14-8-9(16(18)19)10(15-11)13-4-3-6-20-7-5-17/h8,17H,2-7H2,1H3,(H2,12,13,14,15). The zero-order valence-electron chi connectivity index (χ0n) is 11.3. The molecule has 3 N–H and O–H groups in total. The molecule has 0 aliphatic rings. The van der Waals surface area contributed by atoms with E-state index in [1.54, 1.807) is 0 Å². The first-order valence-corrected chi connectivity index (χ1v) is 6.36. The average molecular weight is 285 g/mol. The molecule has 1 aromatic rings. The summed E-state index contributed by atoms with van der Waals surface area (Å²) < 4.78 is 5.09. The number of anilines is 2. The zero-order valence-corrected chi connectivity index (χ0v) is 11.3. The number of aliphatic hydroxyl groups excluding tert-OH is 1. The van der Waals surface area contributed by atoms with Gasteiger partial charge in [0.1, 0.15) is 6.20 Å². The van der Waals surface area contributed by atoms with Gasteiger partial charge in [-0.05, 0) is 13.3 Å². The highest BCUT2D eigenvalue weighted by atomic mass is 16.6. The van der Waals surface area contributed by atoms with Crippen LogP contribution in [0, 0.1) is 10.1 Å². The number of nitro groups is 1. The van der Waals surface area contributed by atoms with Crippen molar-refractivity contribution < 1.29 is 14.8 Å². The van der Waals surface area contributed by atoms with Gasteiger partial charge in [0, 0.05) is 19.7 Å². The van der Waals surface area contributed by atoms with E-state index >= 15 is 0 Å². The van der Waals surface area contributed by atoms with E-state index in [0.717, 1.165) is 0 Å². The lowest BCUT2D eigenvalue weighted by Gasteiger charge is -2.08. The number of aromatic nitrogens is 2. The molecule has 0 saturated carbocycles. The van der Waals surface area contributed by atoms with Gasteiger partial charge in [0.2, 0.25) is 11.8 Å². The Bertz CT molecular complexity index is 429. The van der Waals surface area contributed by atoms with E-state index < -0.39 is 4.92 Å². The van der Waals surface area contributed by atoms with Crippen molar-refractivity contribution >= 4 is 17.5 Å². The van der Waals surface area contributed by atoms with E-state index in [1.807, 2.05) is 6.92 Å².